The van der Waals surface area contributed by atoms with Crippen molar-refractivity contribution < 1.29 is 13.9 Å². The summed E-state index contributed by atoms with van der Waals surface area (Å²) in [5, 5.41) is 0.350. The Balaban J connectivity index is 1.82. The SMILES string of the molecule is O=C(CCC1CCCO1)Cc1ccc(Cl)cc1F. The second kappa shape index (κ2) is 6.30. The van der Waals surface area contributed by atoms with Gasteiger partial charge in [-0.1, -0.05) is 17.7 Å². The van der Waals surface area contributed by atoms with Gasteiger partial charge in [-0.3, -0.25) is 4.79 Å². The van der Waals surface area contributed by atoms with Crippen LogP contribution in [0.25, 0.3) is 0 Å². The Morgan fingerprint density at radius 3 is 3.00 bits per heavy atom. The highest BCUT2D eigenvalue weighted by atomic mass is 35.5. The summed E-state index contributed by atoms with van der Waals surface area (Å²) in [6.45, 7) is 0.796. The average molecular weight is 271 g/mol. The minimum Gasteiger partial charge on any atom is -0.378 e. The molecule has 0 radical (unpaired) electrons. The monoisotopic (exact) mass is 270 g/mol. The Morgan fingerprint density at radius 2 is 2.33 bits per heavy atom. The van der Waals surface area contributed by atoms with E-state index in [2.05, 4.69) is 0 Å². The molecule has 4 heteroatoms. The lowest BCUT2D eigenvalue weighted by atomic mass is 10.0. The number of benzene rings is 1. The summed E-state index contributed by atoms with van der Waals surface area (Å²) in [7, 11) is 0. The maximum atomic E-state index is 13.5. The second-order valence-corrected chi connectivity index (χ2v) is 5.06. The largest absolute Gasteiger partial charge is 0.378 e. The first kappa shape index (κ1) is 13.5. The molecule has 0 aliphatic carbocycles. The fraction of sp³-hybridized carbons (Fsp3) is 0.500. The lowest BCUT2D eigenvalue weighted by Crippen LogP contribution is -2.10. The maximum Gasteiger partial charge on any atom is 0.137 e. The van der Waals surface area contributed by atoms with E-state index in [1.165, 1.54) is 6.07 Å². The van der Waals surface area contributed by atoms with Crippen molar-refractivity contribution in [1.29, 1.82) is 0 Å². The molecule has 1 unspecified atom stereocenters. The molecule has 18 heavy (non-hydrogen) atoms. The van der Waals surface area contributed by atoms with Crippen molar-refractivity contribution >= 4 is 17.4 Å². The summed E-state index contributed by atoms with van der Waals surface area (Å²) < 4.78 is 18.9. The molecule has 1 aliphatic heterocycles. The van der Waals surface area contributed by atoms with Crippen LogP contribution in [0.3, 0.4) is 0 Å². The zero-order chi connectivity index (χ0) is 13.0. The molecule has 0 spiro atoms. The van der Waals surface area contributed by atoms with Gasteiger partial charge in [0.15, 0.2) is 0 Å². The Labute approximate surface area is 111 Å². The van der Waals surface area contributed by atoms with E-state index in [0.717, 1.165) is 25.9 Å². The Hall–Kier alpha value is -0.930. The van der Waals surface area contributed by atoms with Gasteiger partial charge < -0.3 is 4.74 Å². The van der Waals surface area contributed by atoms with Crippen LogP contribution in [0.2, 0.25) is 5.02 Å². The third-order valence-electron chi connectivity index (χ3n) is 3.17. The number of carbonyl (C=O) groups excluding carboxylic acids is 1. The van der Waals surface area contributed by atoms with Crippen LogP contribution >= 0.6 is 11.6 Å². The summed E-state index contributed by atoms with van der Waals surface area (Å²) >= 11 is 5.66. The Kier molecular flexibility index (Phi) is 4.72. The lowest BCUT2D eigenvalue weighted by molar-refractivity contribution is -0.119. The highest BCUT2D eigenvalue weighted by molar-refractivity contribution is 6.30. The normalized spacial score (nSPS) is 19.1. The van der Waals surface area contributed by atoms with Crippen LogP contribution in [0, 0.1) is 5.82 Å². The van der Waals surface area contributed by atoms with E-state index in [1.807, 2.05) is 0 Å². The topological polar surface area (TPSA) is 26.3 Å². The molecule has 1 fully saturated rings. The van der Waals surface area contributed by atoms with Crippen molar-refractivity contribution in [3.8, 4) is 0 Å². The van der Waals surface area contributed by atoms with Gasteiger partial charge in [0.25, 0.3) is 0 Å². The summed E-state index contributed by atoms with van der Waals surface area (Å²) in [4.78, 5) is 11.8. The molecule has 0 saturated carbocycles. The maximum absolute atomic E-state index is 13.5. The predicted molar refractivity (Wildman–Crippen MR) is 68.3 cm³/mol. The average Bonchev–Trinajstić information content (AvgIpc) is 2.83. The van der Waals surface area contributed by atoms with Crippen molar-refractivity contribution in [2.45, 2.75) is 38.2 Å². The third kappa shape index (κ3) is 3.79. The van der Waals surface area contributed by atoms with Gasteiger partial charge in [-0.05, 0) is 37.0 Å². The van der Waals surface area contributed by atoms with Crippen molar-refractivity contribution in [2.24, 2.45) is 0 Å². The van der Waals surface area contributed by atoms with E-state index in [9.17, 15) is 9.18 Å². The summed E-state index contributed by atoms with van der Waals surface area (Å²) in [5.41, 5.74) is 0.414. The van der Waals surface area contributed by atoms with E-state index in [1.54, 1.807) is 12.1 Å². The van der Waals surface area contributed by atoms with Gasteiger partial charge in [0.1, 0.15) is 11.6 Å². The number of rotatable bonds is 5. The highest BCUT2D eigenvalue weighted by Gasteiger charge is 2.17. The molecule has 1 aromatic carbocycles. The fourth-order valence-corrected chi connectivity index (χ4v) is 2.32. The molecule has 1 saturated heterocycles. The van der Waals surface area contributed by atoms with Crippen molar-refractivity contribution in [3.05, 3.63) is 34.6 Å². The molecule has 0 N–H and O–H groups in total. The van der Waals surface area contributed by atoms with Crippen LogP contribution in [0.4, 0.5) is 4.39 Å². The van der Waals surface area contributed by atoms with E-state index in [4.69, 9.17) is 16.3 Å². The molecule has 1 heterocycles. The van der Waals surface area contributed by atoms with Gasteiger partial charge in [-0.25, -0.2) is 4.39 Å². The Morgan fingerprint density at radius 1 is 1.50 bits per heavy atom. The molecule has 2 rings (SSSR count). The first-order valence-electron chi connectivity index (χ1n) is 6.22. The predicted octanol–water partition coefficient (Wildman–Crippen LogP) is 3.55. The van der Waals surface area contributed by atoms with E-state index in [-0.39, 0.29) is 18.3 Å². The molecule has 1 aliphatic rings. The van der Waals surface area contributed by atoms with Crippen LogP contribution in [-0.2, 0) is 16.0 Å². The Bertz CT molecular complexity index is 428. The zero-order valence-corrected chi connectivity index (χ0v) is 10.9. The van der Waals surface area contributed by atoms with E-state index in [0.29, 0.717) is 17.0 Å². The molecular weight excluding hydrogens is 255 g/mol. The molecule has 0 aromatic heterocycles. The van der Waals surface area contributed by atoms with Crippen LogP contribution in [-0.4, -0.2) is 18.5 Å². The lowest BCUT2D eigenvalue weighted by Gasteiger charge is -2.08. The summed E-state index contributed by atoms with van der Waals surface area (Å²) in [6.07, 6.45) is 3.65. The molecule has 1 atom stereocenters. The first-order chi connectivity index (χ1) is 8.65. The van der Waals surface area contributed by atoms with Crippen molar-refractivity contribution in [2.75, 3.05) is 6.61 Å². The molecule has 1 aromatic rings. The van der Waals surface area contributed by atoms with Gasteiger partial charge in [-0.2, -0.15) is 0 Å². The minimum absolute atomic E-state index is 0.0479. The summed E-state index contributed by atoms with van der Waals surface area (Å²) in [5.74, 6) is -0.361. The molecule has 2 nitrogen and oxygen atoms in total. The molecule has 0 bridgehead atoms. The number of Topliss-reactive ketones (excluding diaryl/α,β-unsaturated/α-hetero) is 1. The van der Waals surface area contributed by atoms with Crippen molar-refractivity contribution in [3.63, 3.8) is 0 Å². The molecular formula is C14H16ClFO2. The van der Waals surface area contributed by atoms with Crippen LogP contribution in [0.5, 0.6) is 0 Å². The minimum atomic E-state index is -0.409. The number of halogens is 2. The quantitative estimate of drug-likeness (QED) is 0.818. The second-order valence-electron chi connectivity index (χ2n) is 4.62. The number of hydrogen-bond donors (Lipinski definition) is 0. The zero-order valence-electron chi connectivity index (χ0n) is 10.1. The highest BCUT2D eigenvalue weighted by Crippen LogP contribution is 2.19. The van der Waals surface area contributed by atoms with Gasteiger partial charge >= 0.3 is 0 Å². The van der Waals surface area contributed by atoms with Crippen LogP contribution in [0.15, 0.2) is 18.2 Å². The van der Waals surface area contributed by atoms with Gasteiger partial charge in [0, 0.05) is 24.5 Å². The molecule has 98 valence electrons. The number of ketones is 1. The van der Waals surface area contributed by atoms with E-state index < -0.39 is 5.82 Å². The first-order valence-corrected chi connectivity index (χ1v) is 6.60. The number of ether oxygens (including phenoxy) is 1. The smallest absolute Gasteiger partial charge is 0.137 e. The van der Waals surface area contributed by atoms with Crippen LogP contribution < -0.4 is 0 Å². The third-order valence-corrected chi connectivity index (χ3v) is 3.41. The fourth-order valence-electron chi connectivity index (χ4n) is 2.16. The van der Waals surface area contributed by atoms with E-state index >= 15 is 0 Å². The van der Waals surface area contributed by atoms with Gasteiger partial charge in [0.2, 0.25) is 0 Å². The van der Waals surface area contributed by atoms with Crippen molar-refractivity contribution in [1.82, 2.24) is 0 Å². The summed E-state index contributed by atoms with van der Waals surface area (Å²) in [6, 6.07) is 4.42. The number of hydrogen-bond acceptors (Lipinski definition) is 2. The van der Waals surface area contributed by atoms with Crippen LogP contribution in [0.1, 0.15) is 31.2 Å². The number of carbonyl (C=O) groups is 1. The molecule has 0 amide bonds. The van der Waals surface area contributed by atoms with Gasteiger partial charge in [-0.15, -0.1) is 0 Å². The standard InChI is InChI=1S/C14H16ClFO2/c15-11-4-3-10(14(16)9-11)8-12(17)5-6-13-2-1-7-18-13/h3-4,9,13H,1-2,5-8H2. The van der Waals surface area contributed by atoms with Gasteiger partial charge in [0.05, 0.1) is 6.10 Å².